The van der Waals surface area contributed by atoms with E-state index in [1.165, 1.54) is 6.42 Å². The Morgan fingerprint density at radius 2 is 1.44 bits per heavy atom. The smallest absolute Gasteiger partial charge is 0.223 e. The average molecular weight is 522 g/mol. The third-order valence-electron chi connectivity index (χ3n) is 7.03. The summed E-state index contributed by atoms with van der Waals surface area (Å²) in [7, 11) is 0. The first-order valence-electron chi connectivity index (χ1n) is 13.1. The Hall–Kier alpha value is -0.930. The Morgan fingerprint density at radius 3 is 2.08 bits per heavy atom. The third-order valence-corrected chi connectivity index (χ3v) is 7.03. The first-order valence-corrected chi connectivity index (χ1v) is 13.1. The van der Waals surface area contributed by atoms with Crippen molar-refractivity contribution >= 4 is 5.91 Å². The number of ether oxygens (including phenoxy) is 4. The number of rotatable bonds is 14. The number of carbonyl (C=O) groups is 1. The van der Waals surface area contributed by atoms with Crippen LogP contribution in [0.25, 0.3) is 0 Å². The molecule has 0 aromatic carbocycles. The van der Waals surface area contributed by atoms with E-state index in [-0.39, 0.29) is 11.8 Å². The molecule has 3 rings (SSSR count). The molecule has 12 nitrogen and oxygen atoms in total. The molecule has 10 atom stereocenters. The van der Waals surface area contributed by atoms with Crippen LogP contribution < -0.4 is 5.32 Å². The number of amides is 1. The molecule has 210 valence electrons. The van der Waals surface area contributed by atoms with Crippen LogP contribution in [0.15, 0.2) is 0 Å². The zero-order valence-electron chi connectivity index (χ0n) is 20.9. The Balaban J connectivity index is 1.72. The van der Waals surface area contributed by atoms with Crippen LogP contribution in [0.3, 0.4) is 0 Å². The highest BCUT2D eigenvalue weighted by atomic mass is 16.7. The third kappa shape index (κ3) is 7.56. The number of hydrogen-bond acceptors (Lipinski definition) is 11. The molecule has 0 unspecified atom stereocenters. The zero-order valence-corrected chi connectivity index (χ0v) is 20.9. The molecule has 2 aliphatic heterocycles. The molecule has 0 spiro atoms. The van der Waals surface area contributed by atoms with E-state index >= 15 is 0 Å². The lowest BCUT2D eigenvalue weighted by Gasteiger charge is -2.47. The van der Waals surface area contributed by atoms with Crippen molar-refractivity contribution in [3.05, 3.63) is 0 Å². The molecule has 1 aliphatic carbocycles. The van der Waals surface area contributed by atoms with Gasteiger partial charge in [-0.15, -0.1) is 0 Å². The molecular weight excluding hydrogens is 478 g/mol. The van der Waals surface area contributed by atoms with Gasteiger partial charge in [0.05, 0.1) is 13.2 Å². The minimum atomic E-state index is -1.70. The van der Waals surface area contributed by atoms with Crippen LogP contribution in [-0.2, 0) is 23.7 Å². The van der Waals surface area contributed by atoms with Gasteiger partial charge < -0.3 is 54.9 Å². The molecule has 3 fully saturated rings. The van der Waals surface area contributed by atoms with Gasteiger partial charge in [-0.2, -0.15) is 0 Å². The summed E-state index contributed by atoms with van der Waals surface area (Å²) in [6, 6.07) is -1.01. The van der Waals surface area contributed by atoms with Crippen molar-refractivity contribution in [1.29, 1.82) is 0 Å². The molecular formula is C24H43NO11. The van der Waals surface area contributed by atoms with Crippen LogP contribution >= 0.6 is 0 Å². The first kappa shape index (κ1) is 29.6. The Kier molecular flexibility index (Phi) is 11.8. The summed E-state index contributed by atoms with van der Waals surface area (Å²) in [5, 5.41) is 63.6. The van der Waals surface area contributed by atoms with E-state index in [1.807, 2.05) is 0 Å². The van der Waals surface area contributed by atoms with Crippen molar-refractivity contribution in [2.45, 2.75) is 120 Å². The zero-order chi connectivity index (χ0) is 26.2. The number of carbonyl (C=O) groups excluding carboxylic acids is 1. The summed E-state index contributed by atoms with van der Waals surface area (Å²) in [6.07, 6.45) is -4.83. The molecule has 1 amide bonds. The minimum absolute atomic E-state index is 0.162. The summed E-state index contributed by atoms with van der Waals surface area (Å²) >= 11 is 0. The van der Waals surface area contributed by atoms with E-state index in [0.29, 0.717) is 6.61 Å². The maximum Gasteiger partial charge on any atom is 0.223 e. The van der Waals surface area contributed by atoms with Crippen molar-refractivity contribution in [2.75, 3.05) is 19.8 Å². The topological polar surface area (TPSA) is 187 Å². The van der Waals surface area contributed by atoms with Crippen LogP contribution in [0.4, 0.5) is 0 Å². The van der Waals surface area contributed by atoms with Crippen molar-refractivity contribution in [1.82, 2.24) is 5.32 Å². The van der Waals surface area contributed by atoms with Crippen LogP contribution in [0.5, 0.6) is 0 Å². The van der Waals surface area contributed by atoms with Gasteiger partial charge >= 0.3 is 0 Å². The summed E-state index contributed by atoms with van der Waals surface area (Å²) in [6.45, 7) is 1.27. The molecule has 7 N–H and O–H groups in total. The predicted octanol–water partition coefficient (Wildman–Crippen LogP) is -1.48. The molecule has 3 aliphatic rings. The number of aliphatic hydroxyl groups excluding tert-OH is 6. The molecule has 0 aromatic rings. The Morgan fingerprint density at radius 1 is 0.833 bits per heavy atom. The maximum atomic E-state index is 12.7. The molecule has 2 saturated heterocycles. The minimum Gasteiger partial charge on any atom is -0.394 e. The normalized spacial score (nSPS) is 39.2. The van der Waals surface area contributed by atoms with Gasteiger partial charge in [-0.25, -0.2) is 0 Å². The first-order chi connectivity index (χ1) is 17.3. The molecule has 36 heavy (non-hydrogen) atoms. The second-order valence-corrected chi connectivity index (χ2v) is 9.96. The van der Waals surface area contributed by atoms with Gasteiger partial charge in [0.1, 0.15) is 48.8 Å². The van der Waals surface area contributed by atoms with E-state index in [1.54, 1.807) is 0 Å². The number of nitrogens with one attached hydrogen (secondary N) is 1. The van der Waals surface area contributed by atoms with Gasteiger partial charge in [0, 0.05) is 12.5 Å². The summed E-state index contributed by atoms with van der Waals surface area (Å²) in [4.78, 5) is 12.7. The lowest BCUT2D eigenvalue weighted by atomic mass is 9.95. The van der Waals surface area contributed by atoms with Gasteiger partial charge in [0.15, 0.2) is 12.6 Å². The summed E-state index contributed by atoms with van der Waals surface area (Å²) < 4.78 is 23.0. The van der Waals surface area contributed by atoms with Crippen LogP contribution in [0, 0.1) is 5.92 Å². The highest BCUT2D eigenvalue weighted by Gasteiger charge is 2.52. The summed E-state index contributed by atoms with van der Waals surface area (Å²) in [5.41, 5.74) is 0. The fourth-order valence-corrected chi connectivity index (χ4v) is 4.57. The van der Waals surface area contributed by atoms with Crippen molar-refractivity contribution in [2.24, 2.45) is 5.92 Å². The van der Waals surface area contributed by atoms with Crippen LogP contribution in [-0.4, -0.2) is 118 Å². The maximum absolute atomic E-state index is 12.7. The number of aliphatic hydroxyl groups is 6. The van der Waals surface area contributed by atoms with Crippen LogP contribution in [0.1, 0.15) is 58.3 Å². The highest BCUT2D eigenvalue weighted by Crippen LogP contribution is 2.32. The monoisotopic (exact) mass is 521 g/mol. The lowest BCUT2D eigenvalue weighted by molar-refractivity contribution is -0.344. The molecule has 12 heteroatoms. The van der Waals surface area contributed by atoms with Crippen molar-refractivity contribution in [3.8, 4) is 0 Å². The van der Waals surface area contributed by atoms with Gasteiger partial charge in [0.25, 0.3) is 0 Å². The fraction of sp³-hybridized carbons (Fsp3) is 0.958. The second-order valence-electron chi connectivity index (χ2n) is 9.96. The van der Waals surface area contributed by atoms with E-state index in [0.717, 1.165) is 44.9 Å². The largest absolute Gasteiger partial charge is 0.394 e. The van der Waals surface area contributed by atoms with Crippen LogP contribution in [0.2, 0.25) is 0 Å². The highest BCUT2D eigenvalue weighted by molar-refractivity contribution is 5.81. The van der Waals surface area contributed by atoms with E-state index < -0.39 is 74.6 Å². The molecule has 0 bridgehead atoms. The van der Waals surface area contributed by atoms with Crippen molar-refractivity contribution in [3.63, 3.8) is 0 Å². The molecule has 2 heterocycles. The van der Waals surface area contributed by atoms with E-state index in [4.69, 9.17) is 18.9 Å². The predicted molar refractivity (Wildman–Crippen MR) is 124 cm³/mol. The van der Waals surface area contributed by atoms with E-state index in [9.17, 15) is 35.4 Å². The average Bonchev–Trinajstić information content (AvgIpc) is 3.72. The summed E-state index contributed by atoms with van der Waals surface area (Å²) in [5.74, 6) is -0.418. The second kappa shape index (κ2) is 14.3. The Labute approximate surface area is 211 Å². The SMILES string of the molecule is CCCCCCCCO[C@@H]1O[C@H](CO)[C@@H](O)[C@H](O[C@@H]2O[C@H](CO)[C@H](O)[C@H](O)[C@H]2O)[C@H]1NC(=O)C1CC1. The molecule has 1 saturated carbocycles. The molecule has 0 radical (unpaired) electrons. The lowest BCUT2D eigenvalue weighted by Crippen LogP contribution is -2.68. The number of unbranched alkanes of at least 4 members (excludes halogenated alkanes) is 5. The van der Waals surface area contributed by atoms with Gasteiger partial charge in [-0.1, -0.05) is 39.0 Å². The standard InChI is InChI=1S/C24H43NO11/c1-2-3-4-5-6-7-10-33-23-16(25-22(32)13-8-9-13)21(18(29)15(12-27)34-23)36-24-20(31)19(30)17(28)14(11-26)35-24/h13-21,23-24,26-31H,2-12H2,1H3,(H,25,32)/t14-,15-,16-,17+,18-,19+,20-,21-,23-,24+/m1/s1. The van der Waals surface area contributed by atoms with Gasteiger partial charge in [0.2, 0.25) is 5.91 Å². The van der Waals surface area contributed by atoms with Gasteiger partial charge in [-0.05, 0) is 19.3 Å². The van der Waals surface area contributed by atoms with E-state index in [2.05, 4.69) is 12.2 Å². The molecule has 0 aromatic heterocycles. The number of hydrogen-bond donors (Lipinski definition) is 7. The fourth-order valence-electron chi connectivity index (χ4n) is 4.57. The van der Waals surface area contributed by atoms with Crippen molar-refractivity contribution < 1.29 is 54.4 Å². The van der Waals surface area contributed by atoms with Gasteiger partial charge in [-0.3, -0.25) is 4.79 Å². The Bertz CT molecular complexity index is 664. The quantitative estimate of drug-likeness (QED) is 0.132.